The molecule has 0 aliphatic carbocycles. The summed E-state index contributed by atoms with van der Waals surface area (Å²) >= 11 is 1.32. The van der Waals surface area contributed by atoms with Gasteiger partial charge in [0.15, 0.2) is 0 Å². The number of carboxylic acid groups (broad SMARTS) is 1. The van der Waals surface area contributed by atoms with Crippen molar-refractivity contribution in [1.29, 1.82) is 0 Å². The van der Waals surface area contributed by atoms with Gasteiger partial charge >= 0.3 is 5.97 Å². The van der Waals surface area contributed by atoms with Gasteiger partial charge in [-0.1, -0.05) is 27.7 Å². The van der Waals surface area contributed by atoms with E-state index in [1.165, 1.54) is 11.3 Å². The topological polar surface area (TPSA) is 53.4 Å². The largest absolute Gasteiger partial charge is 0.477 e. The van der Waals surface area contributed by atoms with Gasteiger partial charge in [-0.25, -0.2) is 9.78 Å². The number of hydrogen-bond acceptors (Lipinski definition) is 4. The zero-order chi connectivity index (χ0) is 14.4. The molecule has 1 rings (SSSR count). The molecule has 0 fully saturated rings. The van der Waals surface area contributed by atoms with E-state index >= 15 is 0 Å². The summed E-state index contributed by atoms with van der Waals surface area (Å²) in [6, 6.07) is 0. The third kappa shape index (κ3) is 4.58. The summed E-state index contributed by atoms with van der Waals surface area (Å²) in [6.45, 7) is 11.1. The van der Waals surface area contributed by atoms with Crippen LogP contribution in [-0.2, 0) is 6.54 Å². The van der Waals surface area contributed by atoms with E-state index in [0.717, 1.165) is 43.2 Å². The molecule has 0 aliphatic heterocycles. The molecule has 0 saturated carbocycles. The normalized spacial score (nSPS) is 11.5. The highest BCUT2D eigenvalue weighted by molar-refractivity contribution is 7.13. The van der Waals surface area contributed by atoms with Gasteiger partial charge in [0.1, 0.15) is 9.88 Å². The molecule has 0 bridgehead atoms. The maximum Gasteiger partial charge on any atom is 0.347 e. The Balaban J connectivity index is 2.88. The highest BCUT2D eigenvalue weighted by atomic mass is 32.1. The lowest BCUT2D eigenvalue weighted by Gasteiger charge is -2.19. The molecule has 0 radical (unpaired) electrons. The molecule has 1 aromatic rings. The first kappa shape index (κ1) is 16.1. The van der Waals surface area contributed by atoms with Crippen molar-refractivity contribution in [2.24, 2.45) is 0 Å². The molecule has 1 aromatic heterocycles. The lowest BCUT2D eigenvalue weighted by molar-refractivity contribution is 0.0700. The van der Waals surface area contributed by atoms with Crippen molar-refractivity contribution in [2.45, 2.75) is 53.0 Å². The minimum absolute atomic E-state index is 0.155. The van der Waals surface area contributed by atoms with E-state index in [2.05, 4.69) is 23.7 Å². The van der Waals surface area contributed by atoms with Crippen LogP contribution in [0.2, 0.25) is 0 Å². The second-order valence-corrected chi connectivity index (χ2v) is 6.14. The third-order valence-electron chi connectivity index (χ3n) is 2.88. The summed E-state index contributed by atoms with van der Waals surface area (Å²) in [5.41, 5.74) is 0.723. The van der Waals surface area contributed by atoms with Gasteiger partial charge in [-0.2, -0.15) is 0 Å². The van der Waals surface area contributed by atoms with E-state index in [0.29, 0.717) is 4.88 Å². The molecule has 1 N–H and O–H groups in total. The SMILES string of the molecule is CCCN(CCC)Cc1nc(C(C)C)c(C(=O)O)s1. The number of carboxylic acids is 1. The average molecular weight is 284 g/mol. The maximum atomic E-state index is 11.2. The van der Waals surface area contributed by atoms with Crippen molar-refractivity contribution in [1.82, 2.24) is 9.88 Å². The van der Waals surface area contributed by atoms with Crippen LogP contribution < -0.4 is 0 Å². The summed E-state index contributed by atoms with van der Waals surface area (Å²) in [5, 5.41) is 10.1. The number of thiazole rings is 1. The van der Waals surface area contributed by atoms with Gasteiger partial charge in [0, 0.05) is 0 Å². The standard InChI is InChI=1S/C14H24N2O2S/c1-5-7-16(8-6-2)9-11-15-12(10(3)4)13(19-11)14(17)18/h10H,5-9H2,1-4H3,(H,17,18). The van der Waals surface area contributed by atoms with E-state index < -0.39 is 5.97 Å². The van der Waals surface area contributed by atoms with E-state index in [1.54, 1.807) is 0 Å². The molecule has 0 atom stereocenters. The molecule has 19 heavy (non-hydrogen) atoms. The summed E-state index contributed by atoms with van der Waals surface area (Å²) in [6.07, 6.45) is 2.21. The first-order valence-corrected chi connectivity index (χ1v) is 7.76. The van der Waals surface area contributed by atoms with E-state index in [1.807, 2.05) is 13.8 Å². The van der Waals surface area contributed by atoms with Gasteiger partial charge in [-0.05, 0) is 31.8 Å². The van der Waals surface area contributed by atoms with Crippen LogP contribution in [0.4, 0.5) is 0 Å². The van der Waals surface area contributed by atoms with E-state index in [-0.39, 0.29) is 5.92 Å². The number of carbonyl (C=O) groups is 1. The van der Waals surface area contributed by atoms with E-state index in [9.17, 15) is 9.90 Å². The lowest BCUT2D eigenvalue weighted by Crippen LogP contribution is -2.24. The number of rotatable bonds is 8. The number of nitrogens with zero attached hydrogens (tertiary/aromatic N) is 2. The van der Waals surface area contributed by atoms with Crippen LogP contribution in [0.5, 0.6) is 0 Å². The molecule has 0 saturated heterocycles. The molecule has 0 aliphatic rings. The molecule has 0 spiro atoms. The quantitative estimate of drug-likeness (QED) is 0.792. The predicted molar refractivity (Wildman–Crippen MR) is 79.0 cm³/mol. The average Bonchev–Trinajstić information content (AvgIpc) is 2.74. The Labute approximate surface area is 119 Å². The van der Waals surface area contributed by atoms with Gasteiger partial charge in [-0.3, -0.25) is 4.90 Å². The molecule has 0 aromatic carbocycles. The van der Waals surface area contributed by atoms with Gasteiger partial charge in [0.25, 0.3) is 0 Å². The molecule has 0 unspecified atom stereocenters. The summed E-state index contributed by atoms with van der Waals surface area (Å²) in [4.78, 5) is 18.5. The minimum atomic E-state index is -0.856. The van der Waals surface area contributed by atoms with Crippen LogP contribution in [-0.4, -0.2) is 34.0 Å². The monoisotopic (exact) mass is 284 g/mol. The summed E-state index contributed by atoms with van der Waals surface area (Å²) < 4.78 is 0. The lowest BCUT2D eigenvalue weighted by atomic mass is 10.1. The smallest absolute Gasteiger partial charge is 0.347 e. The molecule has 108 valence electrons. The van der Waals surface area contributed by atoms with Gasteiger partial charge in [-0.15, -0.1) is 11.3 Å². The minimum Gasteiger partial charge on any atom is -0.477 e. The predicted octanol–water partition coefficient (Wildman–Crippen LogP) is 3.59. The van der Waals surface area contributed by atoms with Crippen molar-refractivity contribution in [3.63, 3.8) is 0 Å². The zero-order valence-electron chi connectivity index (χ0n) is 12.3. The van der Waals surface area contributed by atoms with Crippen molar-refractivity contribution in [3.8, 4) is 0 Å². The van der Waals surface area contributed by atoms with Crippen molar-refractivity contribution < 1.29 is 9.90 Å². The molecule has 1 heterocycles. The molecule has 4 nitrogen and oxygen atoms in total. The van der Waals surface area contributed by atoms with Gasteiger partial charge in [0.2, 0.25) is 0 Å². The molecular formula is C14H24N2O2S. The van der Waals surface area contributed by atoms with Crippen LogP contribution >= 0.6 is 11.3 Å². The Hall–Kier alpha value is -0.940. The summed E-state index contributed by atoms with van der Waals surface area (Å²) in [5.74, 6) is -0.702. The Morgan fingerprint density at radius 2 is 1.89 bits per heavy atom. The van der Waals surface area contributed by atoms with E-state index in [4.69, 9.17) is 0 Å². The van der Waals surface area contributed by atoms with Gasteiger partial charge in [0.05, 0.1) is 12.2 Å². The van der Waals surface area contributed by atoms with Crippen LogP contribution in [0.25, 0.3) is 0 Å². The van der Waals surface area contributed by atoms with Crippen molar-refractivity contribution in [3.05, 3.63) is 15.6 Å². The highest BCUT2D eigenvalue weighted by Crippen LogP contribution is 2.26. The fourth-order valence-corrected chi connectivity index (χ4v) is 3.18. The second kappa shape index (κ2) is 7.60. The highest BCUT2D eigenvalue weighted by Gasteiger charge is 2.20. The van der Waals surface area contributed by atoms with Crippen molar-refractivity contribution in [2.75, 3.05) is 13.1 Å². The Morgan fingerprint density at radius 1 is 1.32 bits per heavy atom. The Kier molecular flexibility index (Phi) is 6.45. The second-order valence-electron chi connectivity index (χ2n) is 5.06. The summed E-state index contributed by atoms with van der Waals surface area (Å²) in [7, 11) is 0. The number of hydrogen-bond donors (Lipinski definition) is 1. The zero-order valence-corrected chi connectivity index (χ0v) is 13.1. The Bertz CT molecular complexity index is 410. The van der Waals surface area contributed by atoms with Gasteiger partial charge < -0.3 is 5.11 Å². The first-order valence-electron chi connectivity index (χ1n) is 6.94. The first-order chi connectivity index (χ1) is 8.99. The third-order valence-corrected chi connectivity index (χ3v) is 3.92. The fraction of sp³-hybridized carbons (Fsp3) is 0.714. The van der Waals surface area contributed by atoms with Crippen LogP contribution in [0.15, 0.2) is 0 Å². The molecular weight excluding hydrogens is 260 g/mol. The van der Waals surface area contributed by atoms with Crippen LogP contribution in [0.3, 0.4) is 0 Å². The van der Waals surface area contributed by atoms with Crippen molar-refractivity contribution >= 4 is 17.3 Å². The molecule has 5 heteroatoms. The molecule has 0 amide bonds. The maximum absolute atomic E-state index is 11.2. The number of aromatic nitrogens is 1. The Morgan fingerprint density at radius 3 is 2.26 bits per heavy atom. The number of aromatic carboxylic acids is 1. The van der Waals surface area contributed by atoms with Crippen LogP contribution in [0.1, 0.15) is 66.8 Å². The fourth-order valence-electron chi connectivity index (χ4n) is 2.08. The van der Waals surface area contributed by atoms with Crippen LogP contribution in [0, 0.1) is 0 Å².